The number of thiocarbonyl (C=S) groups is 1. The molecule has 33 heavy (non-hydrogen) atoms. The summed E-state index contributed by atoms with van der Waals surface area (Å²) in [6.45, 7) is 1.70. The maximum atomic E-state index is 5.82. The van der Waals surface area contributed by atoms with Crippen molar-refractivity contribution < 1.29 is 0 Å². The van der Waals surface area contributed by atoms with Crippen LogP contribution >= 0.6 is 12.2 Å². The first-order chi connectivity index (χ1) is 16.3. The van der Waals surface area contributed by atoms with E-state index in [0.717, 1.165) is 47.4 Å². The van der Waals surface area contributed by atoms with E-state index in [1.165, 1.54) is 0 Å². The number of aromatic nitrogens is 3. The first-order valence-electron chi connectivity index (χ1n) is 11.2. The van der Waals surface area contributed by atoms with E-state index in [4.69, 9.17) is 12.2 Å². The molecule has 0 aliphatic carbocycles. The van der Waals surface area contributed by atoms with Gasteiger partial charge in [0.2, 0.25) is 0 Å². The number of pyridine rings is 2. The van der Waals surface area contributed by atoms with Crippen LogP contribution in [0.5, 0.6) is 0 Å². The highest BCUT2D eigenvalue weighted by Gasteiger charge is 2.40. The molecular weight excluding hydrogens is 428 g/mol. The maximum Gasteiger partial charge on any atom is 0.170 e. The fourth-order valence-electron chi connectivity index (χ4n) is 4.37. The van der Waals surface area contributed by atoms with Crippen LogP contribution in [0.4, 0.5) is 5.69 Å². The van der Waals surface area contributed by atoms with E-state index in [9.17, 15) is 0 Å². The van der Waals surface area contributed by atoms with E-state index < -0.39 is 0 Å². The van der Waals surface area contributed by atoms with Crippen LogP contribution in [0.15, 0.2) is 97.6 Å². The molecule has 5 rings (SSSR count). The lowest BCUT2D eigenvalue weighted by molar-refractivity contribution is 0.307. The van der Waals surface area contributed by atoms with Crippen LogP contribution in [0.1, 0.15) is 29.9 Å². The number of anilines is 1. The molecule has 4 heterocycles. The zero-order valence-electron chi connectivity index (χ0n) is 18.2. The van der Waals surface area contributed by atoms with Crippen molar-refractivity contribution in [1.29, 1.82) is 0 Å². The van der Waals surface area contributed by atoms with Crippen molar-refractivity contribution in [2.24, 2.45) is 0 Å². The molecule has 7 heteroatoms. The summed E-state index contributed by atoms with van der Waals surface area (Å²) in [5, 5.41) is 7.80. The van der Waals surface area contributed by atoms with E-state index in [-0.39, 0.29) is 12.1 Å². The van der Waals surface area contributed by atoms with Crippen LogP contribution < -0.4 is 10.6 Å². The Hall–Kier alpha value is -3.71. The lowest BCUT2D eigenvalue weighted by atomic mass is 10.0. The number of benzene rings is 1. The van der Waals surface area contributed by atoms with Crippen molar-refractivity contribution in [2.75, 3.05) is 18.4 Å². The van der Waals surface area contributed by atoms with E-state index in [1.54, 1.807) is 6.20 Å². The molecule has 2 atom stereocenters. The van der Waals surface area contributed by atoms with E-state index in [0.29, 0.717) is 0 Å². The van der Waals surface area contributed by atoms with Gasteiger partial charge in [0.15, 0.2) is 5.11 Å². The molecule has 1 aromatic carbocycles. The number of hydrogen-bond acceptors (Lipinski definition) is 4. The highest BCUT2D eigenvalue weighted by atomic mass is 32.1. The Bertz CT molecular complexity index is 1180. The van der Waals surface area contributed by atoms with Gasteiger partial charge in [0, 0.05) is 43.1 Å². The van der Waals surface area contributed by atoms with Gasteiger partial charge >= 0.3 is 0 Å². The molecule has 3 aromatic heterocycles. The van der Waals surface area contributed by atoms with Gasteiger partial charge in [-0.25, -0.2) is 0 Å². The Morgan fingerprint density at radius 1 is 0.939 bits per heavy atom. The summed E-state index contributed by atoms with van der Waals surface area (Å²) in [7, 11) is 0. The molecule has 1 saturated heterocycles. The van der Waals surface area contributed by atoms with E-state index in [1.807, 2.05) is 48.8 Å². The first kappa shape index (κ1) is 21.2. The van der Waals surface area contributed by atoms with Gasteiger partial charge in [0.25, 0.3) is 0 Å². The minimum absolute atomic E-state index is 0.0133. The molecule has 0 radical (unpaired) electrons. The predicted molar refractivity (Wildman–Crippen MR) is 135 cm³/mol. The van der Waals surface area contributed by atoms with E-state index >= 15 is 0 Å². The fourth-order valence-corrected chi connectivity index (χ4v) is 4.70. The Morgan fingerprint density at radius 3 is 2.61 bits per heavy atom. The molecule has 0 unspecified atom stereocenters. The largest absolute Gasteiger partial charge is 0.385 e. The van der Waals surface area contributed by atoms with Crippen molar-refractivity contribution in [3.05, 3.63) is 109 Å². The zero-order valence-corrected chi connectivity index (χ0v) is 19.0. The number of para-hydroxylation sites is 1. The monoisotopic (exact) mass is 454 g/mol. The number of rotatable bonds is 8. The third kappa shape index (κ3) is 4.59. The van der Waals surface area contributed by atoms with Crippen LogP contribution in [-0.4, -0.2) is 37.6 Å². The average molecular weight is 455 g/mol. The Labute approximate surface area is 199 Å². The molecule has 1 fully saturated rings. The highest BCUT2D eigenvalue weighted by Crippen LogP contribution is 2.39. The molecule has 0 saturated carbocycles. The van der Waals surface area contributed by atoms with Gasteiger partial charge in [-0.05, 0) is 67.2 Å². The van der Waals surface area contributed by atoms with Crippen molar-refractivity contribution in [1.82, 2.24) is 24.8 Å². The molecule has 2 N–H and O–H groups in total. The third-order valence-corrected chi connectivity index (χ3v) is 6.24. The van der Waals surface area contributed by atoms with Crippen LogP contribution in [0.3, 0.4) is 0 Å². The highest BCUT2D eigenvalue weighted by molar-refractivity contribution is 7.80. The van der Waals surface area contributed by atoms with Crippen LogP contribution in [0.2, 0.25) is 0 Å². The van der Waals surface area contributed by atoms with Gasteiger partial charge in [-0.2, -0.15) is 0 Å². The summed E-state index contributed by atoms with van der Waals surface area (Å²) in [6, 6.07) is 24.6. The van der Waals surface area contributed by atoms with Gasteiger partial charge < -0.3 is 20.1 Å². The van der Waals surface area contributed by atoms with Crippen molar-refractivity contribution in [3.8, 4) is 5.69 Å². The topological polar surface area (TPSA) is 58.0 Å². The van der Waals surface area contributed by atoms with E-state index in [2.05, 4.69) is 72.7 Å². The van der Waals surface area contributed by atoms with Crippen molar-refractivity contribution in [3.63, 3.8) is 0 Å². The average Bonchev–Trinajstić information content (AvgIpc) is 3.48. The van der Waals surface area contributed by atoms with Crippen LogP contribution in [0, 0.1) is 0 Å². The first-order valence-corrected chi connectivity index (χ1v) is 11.6. The summed E-state index contributed by atoms with van der Waals surface area (Å²) in [6.07, 6.45) is 8.55. The SMILES string of the molecule is S=C1N[C@H](c2ccccn2)[C@H](c2cccn2-c2cccnc2)N1CCCNc1ccccc1. The third-order valence-electron chi connectivity index (χ3n) is 5.88. The lowest BCUT2D eigenvalue weighted by Crippen LogP contribution is -2.32. The fraction of sp³-hybridized carbons (Fsp3) is 0.192. The summed E-state index contributed by atoms with van der Waals surface area (Å²) in [4.78, 5) is 11.3. The lowest BCUT2D eigenvalue weighted by Gasteiger charge is -2.29. The number of hydrogen-bond donors (Lipinski definition) is 2. The van der Waals surface area contributed by atoms with Crippen molar-refractivity contribution >= 4 is 23.0 Å². The molecular formula is C26H26N6S. The zero-order chi connectivity index (χ0) is 22.5. The maximum absolute atomic E-state index is 5.82. The normalized spacial score (nSPS) is 17.7. The molecule has 4 aromatic rings. The van der Waals surface area contributed by atoms with Gasteiger partial charge in [-0.15, -0.1) is 0 Å². The second-order valence-electron chi connectivity index (χ2n) is 7.98. The van der Waals surface area contributed by atoms with Crippen LogP contribution in [0.25, 0.3) is 5.69 Å². The molecule has 0 spiro atoms. The summed E-state index contributed by atoms with van der Waals surface area (Å²) in [5.41, 5.74) is 4.30. The van der Waals surface area contributed by atoms with Gasteiger partial charge in [0.05, 0.1) is 29.7 Å². The smallest absolute Gasteiger partial charge is 0.170 e. The Morgan fingerprint density at radius 2 is 1.82 bits per heavy atom. The van der Waals surface area contributed by atoms with Gasteiger partial charge in [0.1, 0.15) is 0 Å². The molecule has 6 nitrogen and oxygen atoms in total. The Balaban J connectivity index is 1.41. The number of nitrogens with one attached hydrogen (secondary N) is 2. The molecule has 1 aliphatic heterocycles. The quantitative estimate of drug-likeness (QED) is 0.296. The standard InChI is InChI=1S/C26H26N6S/c33-26-30-24(22-12-4-5-15-29-22)25(23-13-7-17-31(23)21-11-6-14-27-19-21)32(26)18-8-16-28-20-9-2-1-3-10-20/h1-7,9-15,17,19,24-25,28H,8,16,18H2,(H,30,33)/t24-,25+/m1/s1. The second kappa shape index (κ2) is 9.83. The molecule has 0 amide bonds. The molecule has 0 bridgehead atoms. The van der Waals surface area contributed by atoms with Crippen LogP contribution in [-0.2, 0) is 0 Å². The summed E-state index contributed by atoms with van der Waals surface area (Å²) < 4.78 is 2.19. The van der Waals surface area contributed by atoms with Crippen molar-refractivity contribution in [2.45, 2.75) is 18.5 Å². The number of nitrogens with zero attached hydrogens (tertiary/aromatic N) is 4. The molecule has 166 valence electrons. The molecule has 1 aliphatic rings. The van der Waals surface area contributed by atoms with Gasteiger partial charge in [-0.3, -0.25) is 9.97 Å². The predicted octanol–water partition coefficient (Wildman–Crippen LogP) is 4.74. The van der Waals surface area contributed by atoms with Gasteiger partial charge in [-0.1, -0.05) is 24.3 Å². The summed E-state index contributed by atoms with van der Waals surface area (Å²) in [5.74, 6) is 0. The Kier molecular flexibility index (Phi) is 6.30. The minimum atomic E-state index is -0.0360. The summed E-state index contributed by atoms with van der Waals surface area (Å²) >= 11 is 5.82. The minimum Gasteiger partial charge on any atom is -0.385 e. The second-order valence-corrected chi connectivity index (χ2v) is 8.37.